The Hall–Kier alpha value is -2.37. The summed E-state index contributed by atoms with van der Waals surface area (Å²) in [5.74, 6) is 0.865. The summed E-state index contributed by atoms with van der Waals surface area (Å²) in [4.78, 5) is 20.2. The molecule has 0 aliphatic heterocycles. The van der Waals surface area contributed by atoms with E-state index in [9.17, 15) is 4.79 Å². The van der Waals surface area contributed by atoms with Gasteiger partial charge in [-0.3, -0.25) is 4.79 Å². The molecule has 0 radical (unpaired) electrons. The summed E-state index contributed by atoms with van der Waals surface area (Å²) in [5.41, 5.74) is 6.42. The molecule has 2 heterocycles. The second kappa shape index (κ2) is 4.72. The van der Waals surface area contributed by atoms with E-state index in [1.54, 1.807) is 29.2 Å². The third-order valence-corrected chi connectivity index (χ3v) is 3.12. The maximum atomic E-state index is 12.1. The summed E-state index contributed by atoms with van der Waals surface area (Å²) in [6, 6.07) is 3.96. The topological polar surface area (TPSA) is 85.8 Å². The third kappa shape index (κ3) is 2.57. The smallest absolute Gasteiger partial charge is 0.293 e. The third-order valence-electron chi connectivity index (χ3n) is 3.12. The number of nitrogen functional groups attached to an aromatic ring is 1. The van der Waals surface area contributed by atoms with E-state index in [0.717, 1.165) is 18.4 Å². The molecule has 0 unspecified atom stereocenters. The zero-order chi connectivity index (χ0) is 13.2. The van der Waals surface area contributed by atoms with Crippen LogP contribution in [0.4, 0.5) is 11.6 Å². The molecule has 3 rings (SSSR count). The Morgan fingerprint density at radius 2 is 2.21 bits per heavy atom. The van der Waals surface area contributed by atoms with Crippen LogP contribution in [0.15, 0.2) is 35.5 Å². The Morgan fingerprint density at radius 1 is 1.37 bits per heavy atom. The molecule has 98 valence electrons. The number of nitrogens with zero attached hydrogens (tertiary/aromatic N) is 3. The Bertz CT molecular complexity index is 630. The number of pyridine rings is 1. The van der Waals surface area contributed by atoms with Crippen molar-refractivity contribution >= 4 is 11.6 Å². The van der Waals surface area contributed by atoms with Crippen LogP contribution in [-0.4, -0.2) is 14.5 Å². The Kier molecular flexibility index (Phi) is 2.91. The van der Waals surface area contributed by atoms with E-state index in [-0.39, 0.29) is 5.56 Å². The molecule has 0 aromatic carbocycles. The highest BCUT2D eigenvalue weighted by Gasteiger charge is 2.25. The van der Waals surface area contributed by atoms with Crippen molar-refractivity contribution in [2.45, 2.75) is 25.4 Å². The molecule has 0 spiro atoms. The van der Waals surface area contributed by atoms with Gasteiger partial charge in [-0.1, -0.05) is 6.07 Å². The molecule has 2 aromatic rings. The van der Waals surface area contributed by atoms with Gasteiger partial charge < -0.3 is 15.6 Å². The number of nitrogens with one attached hydrogen (secondary N) is 1. The van der Waals surface area contributed by atoms with Crippen molar-refractivity contribution in [3.05, 3.63) is 46.6 Å². The van der Waals surface area contributed by atoms with Crippen LogP contribution in [0.1, 0.15) is 24.4 Å². The van der Waals surface area contributed by atoms with Gasteiger partial charge in [0.2, 0.25) is 0 Å². The average Bonchev–Trinajstić information content (AvgIpc) is 3.24. The number of aromatic nitrogens is 3. The zero-order valence-corrected chi connectivity index (χ0v) is 10.4. The van der Waals surface area contributed by atoms with Gasteiger partial charge in [0.25, 0.3) is 5.56 Å². The number of nitrogens with two attached hydrogens (primary N) is 1. The lowest BCUT2D eigenvalue weighted by Gasteiger charge is -2.08. The predicted molar refractivity (Wildman–Crippen MR) is 72.7 cm³/mol. The standard InChI is InChI=1S/C13H15N5O/c14-11-4-1-9(7-16-11)8-17-12-13(19)18(6-5-15-12)10-2-3-10/h1,4-7,10H,2-3,8H2,(H2,14,16)(H,15,17). The first-order valence-electron chi connectivity index (χ1n) is 6.25. The fourth-order valence-electron chi connectivity index (χ4n) is 1.91. The van der Waals surface area contributed by atoms with Gasteiger partial charge in [0.15, 0.2) is 5.82 Å². The first-order valence-corrected chi connectivity index (χ1v) is 6.25. The van der Waals surface area contributed by atoms with Crippen molar-refractivity contribution in [3.63, 3.8) is 0 Å². The molecular formula is C13H15N5O. The van der Waals surface area contributed by atoms with Gasteiger partial charge in [-0.05, 0) is 24.5 Å². The average molecular weight is 257 g/mol. The second-order valence-electron chi connectivity index (χ2n) is 4.66. The molecular weight excluding hydrogens is 242 g/mol. The van der Waals surface area contributed by atoms with Crippen LogP contribution in [0.5, 0.6) is 0 Å². The normalized spacial score (nSPS) is 14.3. The fourth-order valence-corrected chi connectivity index (χ4v) is 1.91. The lowest BCUT2D eigenvalue weighted by atomic mass is 10.3. The summed E-state index contributed by atoms with van der Waals surface area (Å²) >= 11 is 0. The Morgan fingerprint density at radius 3 is 2.89 bits per heavy atom. The molecule has 1 aliphatic rings. The quantitative estimate of drug-likeness (QED) is 0.858. The maximum absolute atomic E-state index is 12.1. The molecule has 0 saturated heterocycles. The number of rotatable bonds is 4. The Balaban J connectivity index is 1.74. The molecule has 0 atom stereocenters. The number of hydrogen-bond acceptors (Lipinski definition) is 5. The minimum atomic E-state index is -0.0617. The maximum Gasteiger partial charge on any atom is 0.293 e. The first-order chi connectivity index (χ1) is 9.24. The van der Waals surface area contributed by atoms with Gasteiger partial charge in [-0.15, -0.1) is 0 Å². The van der Waals surface area contributed by atoms with Crippen LogP contribution in [0.3, 0.4) is 0 Å². The van der Waals surface area contributed by atoms with Crippen LogP contribution >= 0.6 is 0 Å². The van der Waals surface area contributed by atoms with Gasteiger partial charge in [0.05, 0.1) is 0 Å². The van der Waals surface area contributed by atoms with E-state index in [1.165, 1.54) is 0 Å². The molecule has 6 nitrogen and oxygen atoms in total. The molecule has 1 saturated carbocycles. The number of hydrogen-bond donors (Lipinski definition) is 2. The molecule has 0 amide bonds. The van der Waals surface area contributed by atoms with Gasteiger partial charge >= 0.3 is 0 Å². The summed E-state index contributed by atoms with van der Waals surface area (Å²) in [7, 11) is 0. The fraction of sp³-hybridized carbons (Fsp3) is 0.308. The van der Waals surface area contributed by atoms with Crippen LogP contribution in [0.2, 0.25) is 0 Å². The Labute approximate surface area is 110 Å². The van der Waals surface area contributed by atoms with Crippen molar-refractivity contribution in [2.75, 3.05) is 11.1 Å². The minimum absolute atomic E-state index is 0.0617. The monoisotopic (exact) mass is 257 g/mol. The highest BCUT2D eigenvalue weighted by Crippen LogP contribution is 2.33. The summed E-state index contributed by atoms with van der Waals surface area (Å²) in [6.45, 7) is 0.504. The lowest BCUT2D eigenvalue weighted by molar-refractivity contribution is 0.699. The van der Waals surface area contributed by atoms with Crippen LogP contribution in [0.25, 0.3) is 0 Å². The van der Waals surface area contributed by atoms with E-state index in [0.29, 0.717) is 24.2 Å². The van der Waals surface area contributed by atoms with Gasteiger partial charge in [-0.2, -0.15) is 0 Å². The minimum Gasteiger partial charge on any atom is -0.384 e. The van der Waals surface area contributed by atoms with Crippen LogP contribution < -0.4 is 16.6 Å². The molecule has 0 bridgehead atoms. The first kappa shape index (κ1) is 11.7. The zero-order valence-electron chi connectivity index (χ0n) is 10.4. The highest BCUT2D eigenvalue weighted by atomic mass is 16.1. The summed E-state index contributed by atoms with van der Waals surface area (Å²) in [5, 5.41) is 3.05. The second-order valence-corrected chi connectivity index (χ2v) is 4.66. The van der Waals surface area contributed by atoms with E-state index in [4.69, 9.17) is 5.73 Å². The van der Waals surface area contributed by atoms with Crippen molar-refractivity contribution < 1.29 is 0 Å². The molecule has 6 heteroatoms. The van der Waals surface area contributed by atoms with Crippen LogP contribution in [0, 0.1) is 0 Å². The van der Waals surface area contributed by atoms with E-state index in [2.05, 4.69) is 15.3 Å². The van der Waals surface area contributed by atoms with Crippen molar-refractivity contribution in [3.8, 4) is 0 Å². The molecule has 3 N–H and O–H groups in total. The highest BCUT2D eigenvalue weighted by molar-refractivity contribution is 5.35. The SMILES string of the molecule is Nc1ccc(CNc2nccn(C3CC3)c2=O)cn1. The van der Waals surface area contributed by atoms with Crippen LogP contribution in [-0.2, 0) is 6.54 Å². The van der Waals surface area contributed by atoms with E-state index >= 15 is 0 Å². The predicted octanol–water partition coefficient (Wildman–Crippen LogP) is 1.17. The number of anilines is 2. The van der Waals surface area contributed by atoms with E-state index < -0.39 is 0 Å². The lowest BCUT2D eigenvalue weighted by Crippen LogP contribution is -2.23. The molecule has 2 aromatic heterocycles. The van der Waals surface area contributed by atoms with Crippen molar-refractivity contribution in [2.24, 2.45) is 0 Å². The molecule has 1 fully saturated rings. The molecule has 19 heavy (non-hydrogen) atoms. The van der Waals surface area contributed by atoms with Gasteiger partial charge in [0.1, 0.15) is 5.82 Å². The molecule has 1 aliphatic carbocycles. The summed E-state index contributed by atoms with van der Waals surface area (Å²) in [6.07, 6.45) is 7.24. The van der Waals surface area contributed by atoms with Gasteiger partial charge in [-0.25, -0.2) is 9.97 Å². The van der Waals surface area contributed by atoms with Crippen molar-refractivity contribution in [1.82, 2.24) is 14.5 Å². The van der Waals surface area contributed by atoms with E-state index in [1.807, 2.05) is 6.07 Å². The largest absolute Gasteiger partial charge is 0.384 e. The van der Waals surface area contributed by atoms with Crippen molar-refractivity contribution in [1.29, 1.82) is 0 Å². The summed E-state index contributed by atoms with van der Waals surface area (Å²) < 4.78 is 1.75. The van der Waals surface area contributed by atoms with Gasteiger partial charge in [0, 0.05) is 31.2 Å².